The number of rotatable bonds is 4. The van der Waals surface area contributed by atoms with Crippen LogP contribution in [0.15, 0.2) is 10.5 Å². The van der Waals surface area contributed by atoms with Gasteiger partial charge in [0.25, 0.3) is 0 Å². The van der Waals surface area contributed by atoms with Crippen LogP contribution in [0.3, 0.4) is 0 Å². The minimum atomic E-state index is -0.237. The molecule has 2 nitrogen and oxygen atoms in total. The quantitative estimate of drug-likeness (QED) is 0.912. The van der Waals surface area contributed by atoms with Crippen LogP contribution >= 0.6 is 15.9 Å². The Morgan fingerprint density at radius 3 is 2.73 bits per heavy atom. The van der Waals surface area contributed by atoms with Crippen molar-refractivity contribution in [1.29, 1.82) is 0 Å². The summed E-state index contributed by atoms with van der Waals surface area (Å²) in [6, 6.07) is 1.48. The molecule has 1 aromatic rings. The first-order valence-electron chi connectivity index (χ1n) is 4.77. The van der Waals surface area contributed by atoms with E-state index in [9.17, 15) is 4.39 Å². The summed E-state index contributed by atoms with van der Waals surface area (Å²) < 4.78 is 19.2. The third-order valence-corrected chi connectivity index (χ3v) is 3.14. The molecule has 0 amide bonds. The van der Waals surface area contributed by atoms with Gasteiger partial charge in [0.05, 0.1) is 11.6 Å². The first-order valence-corrected chi connectivity index (χ1v) is 5.57. The molecule has 1 N–H and O–H groups in total. The summed E-state index contributed by atoms with van der Waals surface area (Å²) in [6.07, 6.45) is 0.735. The molecule has 1 aromatic carbocycles. The molecule has 0 saturated heterocycles. The maximum atomic E-state index is 13.5. The van der Waals surface area contributed by atoms with Crippen molar-refractivity contribution < 1.29 is 9.13 Å². The molecule has 0 fully saturated rings. The van der Waals surface area contributed by atoms with E-state index in [1.807, 2.05) is 14.0 Å². The lowest BCUT2D eigenvalue weighted by Crippen LogP contribution is -2.12. The molecule has 0 radical (unpaired) electrons. The van der Waals surface area contributed by atoms with Crippen molar-refractivity contribution in [2.75, 3.05) is 20.7 Å². The monoisotopic (exact) mass is 275 g/mol. The minimum absolute atomic E-state index is 0.237. The zero-order valence-corrected chi connectivity index (χ0v) is 10.7. The van der Waals surface area contributed by atoms with Gasteiger partial charge in [0.15, 0.2) is 0 Å². The van der Waals surface area contributed by atoms with Crippen LogP contribution < -0.4 is 10.1 Å². The average molecular weight is 276 g/mol. The van der Waals surface area contributed by atoms with Gasteiger partial charge >= 0.3 is 0 Å². The van der Waals surface area contributed by atoms with Gasteiger partial charge in [-0.15, -0.1) is 0 Å². The summed E-state index contributed by atoms with van der Waals surface area (Å²) in [4.78, 5) is 0. The molecule has 0 aliphatic rings. The predicted octanol–water partition coefficient (Wildman–Crippen LogP) is 2.67. The van der Waals surface area contributed by atoms with E-state index in [4.69, 9.17) is 4.74 Å². The van der Waals surface area contributed by atoms with Gasteiger partial charge < -0.3 is 10.1 Å². The molecule has 0 atom stereocenters. The van der Waals surface area contributed by atoms with E-state index in [1.54, 1.807) is 7.11 Å². The molecule has 0 aliphatic carbocycles. The second-order valence-corrected chi connectivity index (χ2v) is 4.15. The highest BCUT2D eigenvalue weighted by atomic mass is 79.9. The normalized spacial score (nSPS) is 10.5. The fourth-order valence-electron chi connectivity index (χ4n) is 1.56. The van der Waals surface area contributed by atoms with E-state index in [1.165, 1.54) is 6.07 Å². The molecule has 4 heteroatoms. The van der Waals surface area contributed by atoms with Crippen LogP contribution in [-0.4, -0.2) is 20.7 Å². The fraction of sp³-hybridized carbons (Fsp3) is 0.455. The molecule has 1 rings (SSSR count). The maximum absolute atomic E-state index is 13.5. The molecule has 0 saturated carbocycles. The largest absolute Gasteiger partial charge is 0.496 e. The first-order chi connectivity index (χ1) is 7.11. The van der Waals surface area contributed by atoms with Gasteiger partial charge in [-0.05, 0) is 54.5 Å². The van der Waals surface area contributed by atoms with Gasteiger partial charge in [-0.25, -0.2) is 4.39 Å². The Balaban J connectivity index is 3.18. The molecule has 0 unspecified atom stereocenters. The van der Waals surface area contributed by atoms with Crippen LogP contribution in [-0.2, 0) is 6.42 Å². The Hall–Kier alpha value is -0.610. The van der Waals surface area contributed by atoms with Crippen LogP contribution in [0, 0.1) is 12.7 Å². The predicted molar refractivity (Wildman–Crippen MR) is 63.0 cm³/mol. The summed E-state index contributed by atoms with van der Waals surface area (Å²) in [5.74, 6) is 0.526. The lowest BCUT2D eigenvalue weighted by Gasteiger charge is -2.14. The highest BCUT2D eigenvalue weighted by Crippen LogP contribution is 2.32. The average Bonchev–Trinajstić information content (AvgIpc) is 2.21. The molecule has 0 bridgehead atoms. The molecule has 0 spiro atoms. The van der Waals surface area contributed by atoms with Gasteiger partial charge in [0.2, 0.25) is 0 Å². The third kappa shape index (κ3) is 2.69. The number of hydrogen-bond donors (Lipinski definition) is 1. The Labute approximate surface area is 98.0 Å². The Morgan fingerprint density at radius 2 is 2.20 bits per heavy atom. The second-order valence-electron chi connectivity index (χ2n) is 3.35. The third-order valence-electron chi connectivity index (χ3n) is 2.28. The Bertz CT molecular complexity index is 355. The number of hydrogen-bond acceptors (Lipinski definition) is 2. The van der Waals surface area contributed by atoms with Crippen LogP contribution in [0.1, 0.15) is 11.1 Å². The number of aryl methyl sites for hydroxylation is 1. The second kappa shape index (κ2) is 5.47. The van der Waals surface area contributed by atoms with Crippen molar-refractivity contribution in [3.05, 3.63) is 27.5 Å². The van der Waals surface area contributed by atoms with Crippen LogP contribution in [0.4, 0.5) is 4.39 Å². The lowest BCUT2D eigenvalue weighted by molar-refractivity contribution is 0.404. The van der Waals surface area contributed by atoms with Crippen LogP contribution in [0.25, 0.3) is 0 Å². The Kier molecular flexibility index (Phi) is 4.54. The number of ether oxygens (including phenoxy) is 1. The van der Waals surface area contributed by atoms with E-state index in [-0.39, 0.29) is 5.82 Å². The molecular formula is C11H15BrFNO. The van der Waals surface area contributed by atoms with Gasteiger partial charge in [0, 0.05) is 5.56 Å². The zero-order valence-electron chi connectivity index (χ0n) is 9.16. The summed E-state index contributed by atoms with van der Waals surface area (Å²) in [7, 11) is 3.47. The van der Waals surface area contributed by atoms with Crippen molar-refractivity contribution in [2.24, 2.45) is 0 Å². The number of halogens is 2. The lowest BCUT2D eigenvalue weighted by atomic mass is 10.1. The number of likely N-dealkylation sites (N-methyl/N-ethyl adjacent to an activating group) is 1. The number of methoxy groups -OCH3 is 1. The molecule has 84 valence electrons. The van der Waals surface area contributed by atoms with E-state index in [0.717, 1.165) is 29.8 Å². The molecule has 15 heavy (non-hydrogen) atoms. The van der Waals surface area contributed by atoms with E-state index >= 15 is 0 Å². The molecule has 0 aliphatic heterocycles. The number of benzene rings is 1. The van der Waals surface area contributed by atoms with E-state index in [0.29, 0.717) is 4.47 Å². The highest BCUT2D eigenvalue weighted by molar-refractivity contribution is 9.10. The molecular weight excluding hydrogens is 261 g/mol. The van der Waals surface area contributed by atoms with Crippen molar-refractivity contribution >= 4 is 15.9 Å². The topological polar surface area (TPSA) is 21.3 Å². The van der Waals surface area contributed by atoms with Gasteiger partial charge in [0.1, 0.15) is 11.6 Å². The van der Waals surface area contributed by atoms with Crippen molar-refractivity contribution in [1.82, 2.24) is 5.32 Å². The van der Waals surface area contributed by atoms with Gasteiger partial charge in [-0.2, -0.15) is 0 Å². The van der Waals surface area contributed by atoms with Crippen molar-refractivity contribution in [3.63, 3.8) is 0 Å². The smallest absolute Gasteiger partial charge is 0.138 e. The van der Waals surface area contributed by atoms with Crippen LogP contribution in [0.5, 0.6) is 5.75 Å². The van der Waals surface area contributed by atoms with Gasteiger partial charge in [-0.1, -0.05) is 0 Å². The molecule has 0 heterocycles. The maximum Gasteiger partial charge on any atom is 0.138 e. The van der Waals surface area contributed by atoms with E-state index < -0.39 is 0 Å². The highest BCUT2D eigenvalue weighted by Gasteiger charge is 2.14. The summed E-state index contributed by atoms with van der Waals surface area (Å²) in [6.45, 7) is 2.63. The Morgan fingerprint density at radius 1 is 1.53 bits per heavy atom. The SMILES string of the molecule is CNCCc1c(Br)c(F)cc(C)c1OC. The zero-order chi connectivity index (χ0) is 11.4. The standard InChI is InChI=1S/C11H15BrFNO/c1-7-6-9(13)10(12)8(4-5-14-2)11(7)15-3/h6,14H,4-5H2,1-3H3. The van der Waals surface area contributed by atoms with Crippen LogP contribution in [0.2, 0.25) is 0 Å². The number of nitrogens with one attached hydrogen (secondary N) is 1. The summed E-state index contributed by atoms with van der Waals surface area (Å²) in [5.41, 5.74) is 1.70. The van der Waals surface area contributed by atoms with Gasteiger partial charge in [-0.3, -0.25) is 0 Å². The van der Waals surface area contributed by atoms with E-state index in [2.05, 4.69) is 21.2 Å². The van der Waals surface area contributed by atoms with Crippen molar-refractivity contribution in [3.8, 4) is 5.75 Å². The first kappa shape index (κ1) is 12.5. The van der Waals surface area contributed by atoms with Crippen molar-refractivity contribution in [2.45, 2.75) is 13.3 Å². The summed E-state index contributed by atoms with van der Waals surface area (Å²) >= 11 is 3.25. The minimum Gasteiger partial charge on any atom is -0.496 e. The molecule has 0 aromatic heterocycles. The fourth-order valence-corrected chi connectivity index (χ4v) is 2.05. The summed E-state index contributed by atoms with van der Waals surface area (Å²) in [5, 5.41) is 3.03.